The van der Waals surface area contributed by atoms with E-state index in [2.05, 4.69) is 26.2 Å². The molecule has 2 bridgehead atoms. The van der Waals surface area contributed by atoms with Gasteiger partial charge in [0.25, 0.3) is 5.67 Å². The first-order chi connectivity index (χ1) is 12.9. The highest BCUT2D eigenvalue weighted by atomic mass is 19.1. The average molecular weight is 364 g/mol. The minimum absolute atomic E-state index is 0.249. The highest BCUT2D eigenvalue weighted by molar-refractivity contribution is 5.96. The number of hydrogen-bond donors (Lipinski definition) is 0. The monoisotopic (exact) mass is 364 g/mol. The van der Waals surface area contributed by atoms with Gasteiger partial charge < -0.3 is 9.22 Å². The van der Waals surface area contributed by atoms with E-state index in [4.69, 9.17) is 4.74 Å². The van der Waals surface area contributed by atoms with E-state index >= 15 is 4.39 Å². The fourth-order valence-corrected chi connectivity index (χ4v) is 5.01. The van der Waals surface area contributed by atoms with E-state index in [9.17, 15) is 4.79 Å². The number of halogens is 1. The predicted molar refractivity (Wildman–Crippen MR) is 102 cm³/mol. The highest BCUT2D eigenvalue weighted by Gasteiger charge is 2.53. The molecule has 0 amide bonds. The molecule has 0 spiro atoms. The van der Waals surface area contributed by atoms with Gasteiger partial charge in [0.05, 0.1) is 14.1 Å². The Kier molecular flexibility index (Phi) is 3.41. The van der Waals surface area contributed by atoms with Crippen molar-refractivity contribution in [2.45, 2.75) is 36.7 Å². The zero-order chi connectivity index (χ0) is 18.8. The van der Waals surface area contributed by atoms with Crippen molar-refractivity contribution in [2.24, 2.45) is 0 Å². The number of likely N-dealkylation sites (N-methyl/N-ethyl adjacent to an activating group) is 1. The summed E-state index contributed by atoms with van der Waals surface area (Å²) in [5.41, 5.74) is 0.0986. The minimum Gasteiger partial charge on any atom is -0.459 e. The Morgan fingerprint density at radius 2 is 1.44 bits per heavy atom. The molecule has 2 aliphatic heterocycles. The smallest absolute Gasteiger partial charge is 0.353 e. The Labute approximate surface area is 158 Å². The van der Waals surface area contributed by atoms with Crippen molar-refractivity contribution < 1.29 is 18.4 Å². The molecule has 2 atom stereocenters. The SMILES string of the molecule is C[N+]1(C)C2C=CC1CC(OC(=O)C1(F)c3ccccc3-c3ccccc31)C2. The standard InChI is InChI=1S/C23H23FNO2/c1-25(2)15-11-12-16(25)14-17(13-15)27-22(26)23(24)20-9-5-3-7-18(20)19-8-4-6-10-21(19)23/h3-12,15-17H,13-14H2,1-2H3/q+1. The summed E-state index contributed by atoms with van der Waals surface area (Å²) in [6, 6.07) is 15.1. The van der Waals surface area contributed by atoms with Gasteiger partial charge in [-0.2, -0.15) is 0 Å². The molecule has 27 heavy (non-hydrogen) atoms. The van der Waals surface area contributed by atoms with Gasteiger partial charge in [-0.25, -0.2) is 9.18 Å². The normalized spacial score (nSPS) is 28.5. The first-order valence-corrected chi connectivity index (χ1v) is 9.53. The van der Waals surface area contributed by atoms with Crippen LogP contribution in [-0.4, -0.2) is 42.7 Å². The predicted octanol–water partition coefficient (Wildman–Crippen LogP) is 3.97. The van der Waals surface area contributed by atoms with E-state index in [-0.39, 0.29) is 6.10 Å². The van der Waals surface area contributed by atoms with Crippen LogP contribution >= 0.6 is 0 Å². The number of nitrogens with zero attached hydrogens (tertiary/aromatic N) is 1. The van der Waals surface area contributed by atoms with Crippen molar-refractivity contribution in [3.05, 3.63) is 71.8 Å². The number of ether oxygens (including phenoxy) is 1. The number of carbonyl (C=O) groups excluding carboxylic acids is 1. The van der Waals surface area contributed by atoms with Crippen LogP contribution in [0.25, 0.3) is 11.1 Å². The van der Waals surface area contributed by atoms with Crippen molar-refractivity contribution in [1.82, 2.24) is 0 Å². The molecule has 0 saturated carbocycles. The number of benzene rings is 2. The van der Waals surface area contributed by atoms with Crippen LogP contribution < -0.4 is 0 Å². The number of alkyl halides is 1. The second-order valence-electron chi connectivity index (χ2n) is 8.40. The third kappa shape index (κ3) is 2.19. The quantitative estimate of drug-likeness (QED) is 0.458. The summed E-state index contributed by atoms with van der Waals surface area (Å²) in [4.78, 5) is 13.1. The number of piperidine rings is 1. The van der Waals surface area contributed by atoms with Crippen LogP contribution in [0.2, 0.25) is 0 Å². The van der Waals surface area contributed by atoms with Gasteiger partial charge in [-0.3, -0.25) is 0 Å². The van der Waals surface area contributed by atoms with Crippen LogP contribution in [0.3, 0.4) is 0 Å². The van der Waals surface area contributed by atoms with E-state index < -0.39 is 11.6 Å². The van der Waals surface area contributed by atoms with Gasteiger partial charge in [0.2, 0.25) is 0 Å². The molecule has 1 fully saturated rings. The maximum atomic E-state index is 16.3. The number of quaternary nitrogens is 1. The molecule has 0 radical (unpaired) electrons. The lowest BCUT2D eigenvalue weighted by molar-refractivity contribution is -0.926. The van der Waals surface area contributed by atoms with Crippen LogP contribution in [0.15, 0.2) is 60.7 Å². The highest BCUT2D eigenvalue weighted by Crippen LogP contribution is 2.51. The molecular formula is C23H23FNO2+. The van der Waals surface area contributed by atoms with Gasteiger partial charge in [0.1, 0.15) is 18.2 Å². The molecule has 0 aromatic heterocycles. The zero-order valence-corrected chi connectivity index (χ0v) is 15.6. The lowest BCUT2D eigenvalue weighted by Crippen LogP contribution is -2.57. The summed E-state index contributed by atoms with van der Waals surface area (Å²) >= 11 is 0. The van der Waals surface area contributed by atoms with Gasteiger partial charge >= 0.3 is 5.97 Å². The number of carbonyl (C=O) groups is 1. The molecule has 2 aromatic rings. The van der Waals surface area contributed by atoms with Gasteiger partial charge in [0.15, 0.2) is 0 Å². The Hall–Kier alpha value is -2.46. The Morgan fingerprint density at radius 3 is 1.96 bits per heavy atom. The summed E-state index contributed by atoms with van der Waals surface area (Å²) in [5, 5.41) is 0. The van der Waals surface area contributed by atoms with Crippen LogP contribution in [0.1, 0.15) is 24.0 Å². The first-order valence-electron chi connectivity index (χ1n) is 9.53. The Bertz CT molecular complexity index is 901. The summed E-state index contributed by atoms with van der Waals surface area (Å²) < 4.78 is 23.0. The second-order valence-corrected chi connectivity index (χ2v) is 8.40. The Balaban J connectivity index is 1.47. The van der Waals surface area contributed by atoms with E-state index in [1.165, 1.54) is 0 Å². The van der Waals surface area contributed by atoms with Gasteiger partial charge in [-0.15, -0.1) is 0 Å². The third-order valence-corrected chi connectivity index (χ3v) is 6.72. The zero-order valence-electron chi connectivity index (χ0n) is 15.6. The molecule has 0 N–H and O–H groups in total. The lowest BCUT2D eigenvalue weighted by atomic mass is 9.92. The maximum Gasteiger partial charge on any atom is 0.353 e. The molecule has 2 unspecified atom stereocenters. The minimum atomic E-state index is -2.23. The van der Waals surface area contributed by atoms with Crippen LogP contribution in [0, 0.1) is 0 Å². The fourth-order valence-electron chi connectivity index (χ4n) is 5.01. The van der Waals surface area contributed by atoms with Crippen LogP contribution in [-0.2, 0) is 15.2 Å². The van der Waals surface area contributed by atoms with Crippen molar-refractivity contribution >= 4 is 5.97 Å². The number of hydrogen-bond acceptors (Lipinski definition) is 2. The fraction of sp³-hybridized carbons (Fsp3) is 0.348. The van der Waals surface area contributed by atoms with Gasteiger partial charge in [-0.1, -0.05) is 48.5 Å². The molecule has 1 aliphatic carbocycles. The molecule has 2 heterocycles. The van der Waals surface area contributed by atoms with E-state index in [0.717, 1.165) is 28.5 Å². The first kappa shape index (κ1) is 16.7. The number of esters is 1. The van der Waals surface area contributed by atoms with Crippen molar-refractivity contribution in [3.63, 3.8) is 0 Å². The van der Waals surface area contributed by atoms with Crippen LogP contribution in [0.4, 0.5) is 4.39 Å². The Morgan fingerprint density at radius 1 is 0.963 bits per heavy atom. The van der Waals surface area contributed by atoms with E-state index in [1.807, 2.05) is 24.3 Å². The van der Waals surface area contributed by atoms with Gasteiger partial charge in [-0.05, 0) is 23.3 Å². The summed E-state index contributed by atoms with van der Waals surface area (Å²) in [6.07, 6.45) is 5.66. The number of fused-ring (bicyclic) bond motifs is 5. The topological polar surface area (TPSA) is 26.3 Å². The van der Waals surface area contributed by atoms with Crippen molar-refractivity contribution in [3.8, 4) is 11.1 Å². The maximum absolute atomic E-state index is 16.3. The largest absolute Gasteiger partial charge is 0.459 e. The molecule has 5 rings (SSSR count). The molecule has 3 aliphatic rings. The second kappa shape index (κ2) is 5.52. The molecule has 4 heteroatoms. The molecule has 1 saturated heterocycles. The molecular weight excluding hydrogens is 341 g/mol. The average Bonchev–Trinajstić information content (AvgIpc) is 2.96. The van der Waals surface area contributed by atoms with Gasteiger partial charge in [0, 0.05) is 24.0 Å². The van der Waals surface area contributed by atoms with Crippen LogP contribution in [0.5, 0.6) is 0 Å². The van der Waals surface area contributed by atoms with Crippen molar-refractivity contribution in [1.29, 1.82) is 0 Å². The summed E-state index contributed by atoms with van der Waals surface area (Å²) in [7, 11) is 4.40. The molecule has 3 nitrogen and oxygen atoms in total. The summed E-state index contributed by atoms with van der Waals surface area (Å²) in [5.74, 6) is -0.781. The van der Waals surface area contributed by atoms with Crippen molar-refractivity contribution in [2.75, 3.05) is 14.1 Å². The number of rotatable bonds is 2. The van der Waals surface area contributed by atoms with E-state index in [0.29, 0.717) is 23.2 Å². The third-order valence-electron chi connectivity index (χ3n) is 6.72. The molecule has 2 aromatic carbocycles. The van der Waals surface area contributed by atoms with E-state index in [1.54, 1.807) is 24.3 Å². The lowest BCUT2D eigenvalue weighted by Gasteiger charge is -2.44. The molecule has 138 valence electrons. The summed E-state index contributed by atoms with van der Waals surface area (Å²) in [6.45, 7) is 0.